The van der Waals surface area contributed by atoms with E-state index in [0.717, 1.165) is 22.3 Å². The van der Waals surface area contributed by atoms with Crippen LogP contribution < -0.4 is 0 Å². The molecule has 0 N–H and O–H groups in total. The molecule has 1 atom stereocenters. The summed E-state index contributed by atoms with van der Waals surface area (Å²) in [5.74, 6) is 0. The third-order valence-electron chi connectivity index (χ3n) is 4.61. The number of nitrogens with zero attached hydrogens (tertiary/aromatic N) is 1. The second-order valence-electron chi connectivity index (χ2n) is 6.19. The zero-order valence-electron chi connectivity index (χ0n) is 13.7. The number of sulfone groups is 1. The fourth-order valence-electron chi connectivity index (χ4n) is 2.96. The molecule has 124 valence electrons. The van der Waals surface area contributed by atoms with Crippen LogP contribution in [-0.2, 0) is 19.9 Å². The van der Waals surface area contributed by atoms with Crippen molar-refractivity contribution in [2.75, 3.05) is 19.3 Å². The van der Waals surface area contributed by atoms with E-state index in [1.807, 2.05) is 19.9 Å². The highest BCUT2D eigenvalue weighted by Crippen LogP contribution is 2.31. The second kappa shape index (κ2) is 5.62. The average Bonchev–Trinajstić information content (AvgIpc) is 2.86. The highest BCUT2D eigenvalue weighted by atomic mass is 32.2. The lowest BCUT2D eigenvalue weighted by Crippen LogP contribution is -2.32. The minimum atomic E-state index is -3.67. The molecular weight excluding hydrogens is 322 g/mol. The number of hydrogen-bond donors (Lipinski definition) is 0. The highest BCUT2D eigenvalue weighted by molar-refractivity contribution is 7.91. The Morgan fingerprint density at radius 1 is 1.00 bits per heavy atom. The first kappa shape index (κ1) is 17.4. The molecule has 2 rings (SSSR count). The molecule has 7 heteroatoms. The smallest absolute Gasteiger partial charge is 0.229 e. The molecule has 0 amide bonds. The van der Waals surface area contributed by atoms with Gasteiger partial charge >= 0.3 is 0 Å². The van der Waals surface area contributed by atoms with E-state index >= 15 is 0 Å². The van der Waals surface area contributed by atoms with E-state index in [-0.39, 0.29) is 13.1 Å². The fourth-order valence-corrected chi connectivity index (χ4v) is 6.12. The van der Waals surface area contributed by atoms with Gasteiger partial charge in [-0.05, 0) is 56.4 Å². The topological polar surface area (TPSA) is 71.5 Å². The lowest BCUT2D eigenvalue weighted by molar-refractivity contribution is 0.475. The summed E-state index contributed by atoms with van der Waals surface area (Å²) in [5, 5.41) is -0.603. The molecule has 1 aliphatic heterocycles. The van der Waals surface area contributed by atoms with Gasteiger partial charge < -0.3 is 0 Å². The van der Waals surface area contributed by atoms with Crippen molar-refractivity contribution in [1.29, 1.82) is 0 Å². The van der Waals surface area contributed by atoms with Crippen molar-refractivity contribution >= 4 is 19.9 Å². The Morgan fingerprint density at radius 3 is 1.91 bits per heavy atom. The number of sulfonamides is 1. The highest BCUT2D eigenvalue weighted by Gasteiger charge is 2.38. The average molecular weight is 345 g/mol. The zero-order chi connectivity index (χ0) is 16.9. The third-order valence-corrected chi connectivity index (χ3v) is 8.34. The third kappa shape index (κ3) is 2.94. The molecule has 1 heterocycles. The molecule has 1 fully saturated rings. The van der Waals surface area contributed by atoms with E-state index in [2.05, 4.69) is 0 Å². The second-order valence-corrected chi connectivity index (χ2v) is 10.4. The number of rotatable bonds is 3. The van der Waals surface area contributed by atoms with Crippen LogP contribution in [0, 0.1) is 27.7 Å². The van der Waals surface area contributed by atoms with Crippen LogP contribution in [0.3, 0.4) is 0 Å². The van der Waals surface area contributed by atoms with Gasteiger partial charge in [-0.15, -0.1) is 0 Å². The Labute approximate surface area is 133 Å². The molecular formula is C15H23NO4S2. The van der Waals surface area contributed by atoms with Crippen LogP contribution in [0.25, 0.3) is 0 Å². The maximum Gasteiger partial charge on any atom is 0.243 e. The van der Waals surface area contributed by atoms with E-state index in [4.69, 9.17) is 0 Å². The summed E-state index contributed by atoms with van der Waals surface area (Å²) in [7, 11) is -6.89. The first-order valence-electron chi connectivity index (χ1n) is 7.22. The van der Waals surface area contributed by atoms with Crippen LogP contribution in [0.5, 0.6) is 0 Å². The van der Waals surface area contributed by atoms with E-state index in [0.29, 0.717) is 11.3 Å². The molecule has 0 spiro atoms. The fraction of sp³-hybridized carbons (Fsp3) is 0.600. The van der Waals surface area contributed by atoms with Gasteiger partial charge in [0.25, 0.3) is 0 Å². The van der Waals surface area contributed by atoms with Crippen LogP contribution in [0.15, 0.2) is 11.0 Å². The van der Waals surface area contributed by atoms with Crippen molar-refractivity contribution in [2.45, 2.75) is 44.3 Å². The van der Waals surface area contributed by atoms with Crippen LogP contribution >= 0.6 is 0 Å². The molecule has 1 aromatic rings. The van der Waals surface area contributed by atoms with Gasteiger partial charge in [-0.3, -0.25) is 0 Å². The van der Waals surface area contributed by atoms with Crippen LogP contribution in [0.1, 0.15) is 28.7 Å². The summed E-state index contributed by atoms with van der Waals surface area (Å²) in [4.78, 5) is 0.333. The molecule has 1 aromatic carbocycles. The summed E-state index contributed by atoms with van der Waals surface area (Å²) in [6.07, 6.45) is 1.53. The van der Waals surface area contributed by atoms with Crippen LogP contribution in [-0.4, -0.2) is 45.7 Å². The Kier molecular flexibility index (Phi) is 4.45. The minimum absolute atomic E-state index is 0.0486. The maximum atomic E-state index is 13.0. The van der Waals surface area contributed by atoms with Crippen LogP contribution in [0.2, 0.25) is 0 Å². The predicted octanol–water partition coefficient (Wildman–Crippen LogP) is 1.73. The van der Waals surface area contributed by atoms with Crippen molar-refractivity contribution in [2.24, 2.45) is 0 Å². The monoisotopic (exact) mass is 345 g/mol. The number of hydrogen-bond acceptors (Lipinski definition) is 4. The molecule has 22 heavy (non-hydrogen) atoms. The Bertz CT molecular complexity index is 784. The summed E-state index contributed by atoms with van der Waals surface area (Å²) in [6, 6.07) is 1.98. The summed E-state index contributed by atoms with van der Waals surface area (Å²) < 4.78 is 50.6. The van der Waals surface area contributed by atoms with Gasteiger partial charge in [-0.2, -0.15) is 4.31 Å². The van der Waals surface area contributed by atoms with Gasteiger partial charge in [0, 0.05) is 19.3 Å². The minimum Gasteiger partial charge on any atom is -0.229 e. The molecule has 0 unspecified atom stereocenters. The van der Waals surface area contributed by atoms with Crippen molar-refractivity contribution in [3.63, 3.8) is 0 Å². The molecule has 0 saturated carbocycles. The predicted molar refractivity (Wildman–Crippen MR) is 87.4 cm³/mol. The van der Waals surface area contributed by atoms with Crippen molar-refractivity contribution < 1.29 is 16.8 Å². The standard InChI is InChI=1S/C15H23NO4S2/c1-10-8-11(2)13(4)15(12(10)3)22(19,20)16-7-6-14(9-16)21(5,17)18/h8,14H,6-7,9H2,1-5H3/t14-/m1/s1. The zero-order valence-corrected chi connectivity index (χ0v) is 15.3. The summed E-state index contributed by atoms with van der Waals surface area (Å²) in [6.45, 7) is 7.70. The Hall–Kier alpha value is -0.920. The molecule has 0 aromatic heterocycles. The molecule has 1 saturated heterocycles. The number of benzene rings is 1. The maximum absolute atomic E-state index is 13.0. The summed E-state index contributed by atoms with van der Waals surface area (Å²) in [5.41, 5.74) is 3.35. The lowest BCUT2D eigenvalue weighted by Gasteiger charge is -2.21. The normalized spacial score (nSPS) is 20.5. The van der Waals surface area contributed by atoms with Gasteiger partial charge in [-0.25, -0.2) is 16.8 Å². The van der Waals surface area contributed by atoms with E-state index < -0.39 is 25.1 Å². The van der Waals surface area contributed by atoms with Crippen molar-refractivity contribution in [3.8, 4) is 0 Å². The van der Waals surface area contributed by atoms with Gasteiger partial charge in [0.2, 0.25) is 10.0 Å². The Balaban J connectivity index is 2.50. The molecule has 0 bridgehead atoms. The van der Waals surface area contributed by atoms with E-state index in [1.54, 1.807) is 13.8 Å². The first-order valence-corrected chi connectivity index (χ1v) is 10.6. The van der Waals surface area contributed by atoms with Crippen LogP contribution in [0.4, 0.5) is 0 Å². The number of aryl methyl sites for hydroxylation is 2. The SMILES string of the molecule is Cc1cc(C)c(C)c(S(=O)(=O)N2CC[C@@H](S(C)(=O)=O)C2)c1C. The molecule has 0 radical (unpaired) electrons. The quantitative estimate of drug-likeness (QED) is 0.836. The Morgan fingerprint density at radius 2 is 1.50 bits per heavy atom. The van der Waals surface area contributed by atoms with Crippen molar-refractivity contribution in [1.82, 2.24) is 4.31 Å². The molecule has 1 aliphatic rings. The lowest BCUT2D eigenvalue weighted by atomic mass is 10.0. The molecule has 5 nitrogen and oxygen atoms in total. The van der Waals surface area contributed by atoms with Gasteiger partial charge in [0.05, 0.1) is 10.1 Å². The van der Waals surface area contributed by atoms with Crippen molar-refractivity contribution in [3.05, 3.63) is 28.3 Å². The molecule has 0 aliphatic carbocycles. The largest absolute Gasteiger partial charge is 0.243 e. The van der Waals surface area contributed by atoms with Gasteiger partial charge in [0.15, 0.2) is 9.84 Å². The van der Waals surface area contributed by atoms with E-state index in [1.165, 1.54) is 10.6 Å². The van der Waals surface area contributed by atoms with Gasteiger partial charge in [-0.1, -0.05) is 6.07 Å². The van der Waals surface area contributed by atoms with E-state index in [9.17, 15) is 16.8 Å². The first-order chi connectivity index (χ1) is 9.96. The van der Waals surface area contributed by atoms with Gasteiger partial charge in [0.1, 0.15) is 0 Å². The summed E-state index contributed by atoms with van der Waals surface area (Å²) >= 11 is 0.